The zero-order chi connectivity index (χ0) is 20.2. The third-order valence-corrected chi connectivity index (χ3v) is 6.34. The van der Waals surface area contributed by atoms with E-state index in [9.17, 15) is 10.1 Å². The highest BCUT2D eigenvalue weighted by atomic mass is 16.1. The van der Waals surface area contributed by atoms with Crippen LogP contribution in [0, 0.1) is 17.2 Å². The summed E-state index contributed by atoms with van der Waals surface area (Å²) in [5, 5.41) is 13.8. The lowest BCUT2D eigenvalue weighted by Gasteiger charge is -2.41. The highest BCUT2D eigenvalue weighted by molar-refractivity contribution is 6.00. The molecule has 5 rings (SSSR count). The van der Waals surface area contributed by atoms with Crippen molar-refractivity contribution in [3.05, 3.63) is 65.8 Å². The van der Waals surface area contributed by atoms with E-state index in [0.29, 0.717) is 6.42 Å². The van der Waals surface area contributed by atoms with Gasteiger partial charge in [-0.1, -0.05) is 43.3 Å². The second-order valence-corrected chi connectivity index (χ2v) is 8.12. The van der Waals surface area contributed by atoms with Gasteiger partial charge in [0.05, 0.1) is 23.2 Å². The molecule has 0 radical (unpaired) electrons. The first kappa shape index (κ1) is 17.6. The Morgan fingerprint density at radius 2 is 2.07 bits per heavy atom. The minimum Gasteiger partial charge on any atom is -0.293 e. The first-order valence-electron chi connectivity index (χ1n) is 9.84. The van der Waals surface area contributed by atoms with Gasteiger partial charge >= 0.3 is 0 Å². The van der Waals surface area contributed by atoms with Crippen molar-refractivity contribution in [1.29, 1.82) is 5.26 Å². The Hall–Kier alpha value is -3.46. The molecule has 0 aliphatic heterocycles. The maximum absolute atomic E-state index is 12.3. The van der Waals surface area contributed by atoms with E-state index in [-0.39, 0.29) is 17.3 Å². The number of carbonyl (C=O) groups excluding carboxylic acids is 1. The van der Waals surface area contributed by atoms with Gasteiger partial charge in [0, 0.05) is 36.3 Å². The number of aromatic nitrogens is 4. The van der Waals surface area contributed by atoms with Gasteiger partial charge in [0.25, 0.3) is 0 Å². The first-order chi connectivity index (χ1) is 14.0. The summed E-state index contributed by atoms with van der Waals surface area (Å²) in [7, 11) is 1.90. The van der Waals surface area contributed by atoms with Crippen molar-refractivity contribution in [3.63, 3.8) is 0 Å². The highest BCUT2D eigenvalue weighted by Gasteiger charge is 2.47. The van der Waals surface area contributed by atoms with Crippen LogP contribution in [-0.2, 0) is 23.7 Å². The fourth-order valence-electron chi connectivity index (χ4n) is 4.81. The lowest BCUT2D eigenvalue weighted by molar-refractivity contribution is -0.117. The zero-order valence-corrected chi connectivity index (χ0v) is 16.5. The van der Waals surface area contributed by atoms with Crippen LogP contribution in [0.25, 0.3) is 17.1 Å². The van der Waals surface area contributed by atoms with Crippen molar-refractivity contribution in [2.45, 2.75) is 31.6 Å². The van der Waals surface area contributed by atoms with Crippen LogP contribution in [0.1, 0.15) is 31.2 Å². The van der Waals surface area contributed by atoms with Gasteiger partial charge in [-0.25, -0.2) is 4.98 Å². The minimum atomic E-state index is -0.427. The van der Waals surface area contributed by atoms with Crippen LogP contribution in [-0.4, -0.2) is 25.1 Å². The average molecular weight is 383 g/mol. The molecule has 6 nitrogen and oxygen atoms in total. The first-order valence-corrected chi connectivity index (χ1v) is 9.84. The third kappa shape index (κ3) is 2.58. The fraction of sp³-hybridized carbons (Fsp3) is 0.304. The molecule has 2 unspecified atom stereocenters. The molecule has 2 aliphatic rings. The number of allylic oxidation sites excluding steroid dienone is 2. The van der Waals surface area contributed by atoms with E-state index in [1.165, 1.54) is 0 Å². The molecule has 3 aromatic rings. The topological polar surface area (TPSA) is 76.5 Å². The van der Waals surface area contributed by atoms with Crippen molar-refractivity contribution >= 4 is 5.78 Å². The number of nitriles is 1. The van der Waals surface area contributed by atoms with Gasteiger partial charge in [-0.15, -0.1) is 0 Å². The molecular formula is C23H21N5O. The SMILES string of the molecule is Cn1cc(-n2c(-c3ccccc3)nc3c2CCC2CC(=O)C(C#N)=CC32C)cn1. The van der Waals surface area contributed by atoms with Crippen LogP contribution in [0.15, 0.2) is 54.4 Å². The van der Waals surface area contributed by atoms with Crippen molar-refractivity contribution in [3.8, 4) is 23.1 Å². The van der Waals surface area contributed by atoms with E-state index >= 15 is 0 Å². The zero-order valence-electron chi connectivity index (χ0n) is 16.5. The summed E-state index contributed by atoms with van der Waals surface area (Å²) in [5.41, 5.74) is 3.94. The van der Waals surface area contributed by atoms with Gasteiger partial charge in [0.2, 0.25) is 0 Å². The van der Waals surface area contributed by atoms with Gasteiger partial charge < -0.3 is 0 Å². The van der Waals surface area contributed by atoms with Crippen molar-refractivity contribution in [2.24, 2.45) is 13.0 Å². The molecule has 1 aromatic carbocycles. The Morgan fingerprint density at radius 1 is 1.28 bits per heavy atom. The van der Waals surface area contributed by atoms with E-state index in [1.807, 2.05) is 43.7 Å². The molecule has 0 saturated heterocycles. The van der Waals surface area contributed by atoms with Crippen LogP contribution in [0.3, 0.4) is 0 Å². The predicted octanol–water partition coefficient (Wildman–Crippen LogP) is 3.52. The number of Topliss-reactive ketones (excluding diaryl/α,β-unsaturated/α-hetero) is 1. The largest absolute Gasteiger partial charge is 0.293 e. The van der Waals surface area contributed by atoms with Crippen LogP contribution in [0.4, 0.5) is 0 Å². The Kier molecular flexibility index (Phi) is 3.82. The maximum atomic E-state index is 12.3. The molecule has 6 heteroatoms. The molecule has 0 bridgehead atoms. The van der Waals surface area contributed by atoms with Crippen LogP contribution in [0.5, 0.6) is 0 Å². The number of aryl methyl sites for hydroxylation is 1. The molecule has 2 aliphatic carbocycles. The molecule has 0 amide bonds. The molecule has 0 saturated carbocycles. The molecular weight excluding hydrogens is 362 g/mol. The third-order valence-electron chi connectivity index (χ3n) is 6.34. The van der Waals surface area contributed by atoms with Crippen molar-refractivity contribution in [1.82, 2.24) is 19.3 Å². The second-order valence-electron chi connectivity index (χ2n) is 8.12. The van der Waals surface area contributed by atoms with E-state index in [4.69, 9.17) is 4.98 Å². The van der Waals surface area contributed by atoms with E-state index in [2.05, 4.69) is 34.8 Å². The van der Waals surface area contributed by atoms with E-state index < -0.39 is 5.41 Å². The smallest absolute Gasteiger partial charge is 0.173 e. The van der Waals surface area contributed by atoms with Crippen LogP contribution in [0.2, 0.25) is 0 Å². The molecule has 0 fully saturated rings. The lowest BCUT2D eigenvalue weighted by Crippen LogP contribution is -2.40. The van der Waals surface area contributed by atoms with Crippen LogP contribution >= 0.6 is 0 Å². The lowest BCUT2D eigenvalue weighted by atomic mass is 9.62. The molecule has 144 valence electrons. The highest BCUT2D eigenvalue weighted by Crippen LogP contribution is 2.48. The number of benzene rings is 1. The summed E-state index contributed by atoms with van der Waals surface area (Å²) in [6, 6.07) is 12.2. The standard InChI is InChI=1S/C23H21N5O/c1-23-11-16(12-24)20(29)10-17(23)8-9-19-21(23)26-22(15-6-4-3-5-7-15)28(19)18-13-25-27(2)14-18/h3-7,11,13-14,17H,8-10H2,1-2H3. The summed E-state index contributed by atoms with van der Waals surface area (Å²) in [6.07, 6.45) is 7.85. The molecule has 2 atom stereocenters. The monoisotopic (exact) mass is 383 g/mol. The number of carbonyl (C=O) groups is 1. The number of hydrogen-bond donors (Lipinski definition) is 0. The Bertz CT molecular complexity index is 1190. The number of imidazole rings is 1. The summed E-state index contributed by atoms with van der Waals surface area (Å²) in [5.74, 6) is 0.989. The molecule has 29 heavy (non-hydrogen) atoms. The fourth-order valence-corrected chi connectivity index (χ4v) is 4.81. The van der Waals surface area contributed by atoms with Gasteiger partial charge in [-0.3, -0.25) is 14.0 Å². The Morgan fingerprint density at radius 3 is 2.76 bits per heavy atom. The van der Waals surface area contributed by atoms with Crippen molar-refractivity contribution in [2.75, 3.05) is 0 Å². The van der Waals surface area contributed by atoms with E-state index in [0.717, 1.165) is 41.3 Å². The molecule has 0 spiro atoms. The summed E-state index contributed by atoms with van der Waals surface area (Å²) >= 11 is 0. The summed E-state index contributed by atoms with van der Waals surface area (Å²) in [6.45, 7) is 2.12. The minimum absolute atomic E-state index is 0.0478. The molecule has 0 N–H and O–H groups in total. The Balaban J connectivity index is 1.79. The van der Waals surface area contributed by atoms with Gasteiger partial charge in [0.15, 0.2) is 5.78 Å². The summed E-state index contributed by atoms with van der Waals surface area (Å²) in [4.78, 5) is 17.4. The normalized spacial score (nSPS) is 23.1. The van der Waals surface area contributed by atoms with E-state index in [1.54, 1.807) is 4.68 Å². The second kappa shape index (κ2) is 6.28. The quantitative estimate of drug-likeness (QED) is 0.678. The van der Waals surface area contributed by atoms with Crippen molar-refractivity contribution < 1.29 is 4.79 Å². The van der Waals surface area contributed by atoms with Gasteiger partial charge in [-0.05, 0) is 18.8 Å². The molecule has 2 aromatic heterocycles. The summed E-state index contributed by atoms with van der Waals surface area (Å²) < 4.78 is 3.98. The number of fused-ring (bicyclic) bond motifs is 3. The molecule has 2 heterocycles. The maximum Gasteiger partial charge on any atom is 0.173 e. The number of rotatable bonds is 2. The predicted molar refractivity (Wildman–Crippen MR) is 108 cm³/mol. The van der Waals surface area contributed by atoms with Gasteiger partial charge in [0.1, 0.15) is 11.9 Å². The number of nitrogens with zero attached hydrogens (tertiary/aromatic N) is 5. The Labute approximate surface area is 169 Å². The van der Waals surface area contributed by atoms with Gasteiger partial charge in [-0.2, -0.15) is 10.4 Å². The number of ketones is 1. The average Bonchev–Trinajstić information content (AvgIpc) is 3.32. The van der Waals surface area contributed by atoms with Crippen LogP contribution < -0.4 is 0 Å². The number of hydrogen-bond acceptors (Lipinski definition) is 4.